The molecule has 0 aliphatic carbocycles. The molecule has 1 N–H and O–H groups in total. The van der Waals surface area contributed by atoms with E-state index in [1.165, 1.54) is 19.2 Å². The van der Waals surface area contributed by atoms with Crippen molar-refractivity contribution >= 4 is 27.5 Å². The van der Waals surface area contributed by atoms with Gasteiger partial charge in [0.05, 0.1) is 18.9 Å². The largest absolute Gasteiger partial charge is 0.493 e. The van der Waals surface area contributed by atoms with E-state index in [9.17, 15) is 9.18 Å². The Morgan fingerprint density at radius 3 is 2.52 bits per heavy atom. The average Bonchev–Trinajstić information content (AvgIpc) is 2.49. The summed E-state index contributed by atoms with van der Waals surface area (Å²) in [7, 11) is 1.50. The zero-order valence-corrected chi connectivity index (χ0v) is 14.6. The van der Waals surface area contributed by atoms with Gasteiger partial charge in [-0.05, 0) is 50.2 Å². The van der Waals surface area contributed by atoms with Crippen LogP contribution in [0.25, 0.3) is 0 Å². The molecule has 0 aliphatic heterocycles. The van der Waals surface area contributed by atoms with Gasteiger partial charge >= 0.3 is 0 Å². The molecule has 4 nitrogen and oxygen atoms in total. The van der Waals surface area contributed by atoms with Crippen molar-refractivity contribution in [3.05, 3.63) is 52.3 Å². The van der Waals surface area contributed by atoms with Crippen LogP contribution in [0.5, 0.6) is 11.5 Å². The minimum absolute atomic E-state index is 0.0135. The Morgan fingerprint density at radius 1 is 1.17 bits per heavy atom. The second kappa shape index (κ2) is 7.46. The Hall–Kier alpha value is -2.08. The summed E-state index contributed by atoms with van der Waals surface area (Å²) < 4.78 is 25.2. The van der Waals surface area contributed by atoms with Gasteiger partial charge in [-0.25, -0.2) is 4.39 Å². The molecule has 0 radical (unpaired) electrons. The number of hydrogen-bond acceptors (Lipinski definition) is 3. The van der Waals surface area contributed by atoms with Crippen LogP contribution in [0, 0.1) is 5.82 Å². The van der Waals surface area contributed by atoms with Gasteiger partial charge in [0.15, 0.2) is 11.5 Å². The van der Waals surface area contributed by atoms with Crippen LogP contribution < -0.4 is 14.8 Å². The number of methoxy groups -OCH3 is 1. The summed E-state index contributed by atoms with van der Waals surface area (Å²) >= 11 is 3.17. The van der Waals surface area contributed by atoms with Crippen LogP contribution >= 0.6 is 15.9 Å². The van der Waals surface area contributed by atoms with Crippen LogP contribution in [0.3, 0.4) is 0 Å². The molecule has 0 saturated heterocycles. The molecule has 0 unspecified atom stereocenters. The molecule has 2 rings (SSSR count). The molecule has 0 heterocycles. The number of halogens is 2. The first kappa shape index (κ1) is 17.3. The van der Waals surface area contributed by atoms with Crippen molar-refractivity contribution in [3.8, 4) is 11.5 Å². The molecular formula is C17H17BrFNO3. The number of benzene rings is 2. The minimum Gasteiger partial charge on any atom is -0.493 e. The molecule has 1 amide bonds. The van der Waals surface area contributed by atoms with E-state index in [1.54, 1.807) is 24.3 Å². The Bertz CT molecular complexity index is 719. The molecular weight excluding hydrogens is 365 g/mol. The van der Waals surface area contributed by atoms with Crippen LogP contribution in [0.4, 0.5) is 10.1 Å². The second-order valence-electron chi connectivity index (χ2n) is 5.11. The van der Waals surface area contributed by atoms with Crippen LogP contribution in [-0.4, -0.2) is 19.1 Å². The summed E-state index contributed by atoms with van der Waals surface area (Å²) in [5.41, 5.74) is 0.458. The third kappa shape index (κ3) is 4.45. The SMILES string of the molecule is COc1cc(C(=O)Nc2ccc(Br)cc2F)ccc1OC(C)C. The summed E-state index contributed by atoms with van der Waals surface area (Å²) in [5, 5.41) is 2.53. The molecule has 23 heavy (non-hydrogen) atoms. The van der Waals surface area contributed by atoms with E-state index in [0.717, 1.165) is 0 Å². The molecule has 0 fully saturated rings. The molecule has 0 aliphatic rings. The van der Waals surface area contributed by atoms with Gasteiger partial charge in [-0.2, -0.15) is 0 Å². The lowest BCUT2D eigenvalue weighted by molar-refractivity contribution is 0.102. The topological polar surface area (TPSA) is 47.6 Å². The lowest BCUT2D eigenvalue weighted by atomic mass is 10.1. The highest BCUT2D eigenvalue weighted by Gasteiger charge is 2.14. The number of carbonyl (C=O) groups is 1. The van der Waals surface area contributed by atoms with Crippen molar-refractivity contribution in [2.45, 2.75) is 20.0 Å². The maximum absolute atomic E-state index is 13.8. The lowest BCUT2D eigenvalue weighted by Crippen LogP contribution is -2.13. The third-order valence-electron chi connectivity index (χ3n) is 2.97. The van der Waals surface area contributed by atoms with E-state index in [4.69, 9.17) is 9.47 Å². The van der Waals surface area contributed by atoms with Crippen molar-refractivity contribution in [3.63, 3.8) is 0 Å². The van der Waals surface area contributed by atoms with Crippen molar-refractivity contribution in [1.29, 1.82) is 0 Å². The summed E-state index contributed by atoms with van der Waals surface area (Å²) in [5.74, 6) is 0.0524. The maximum Gasteiger partial charge on any atom is 0.255 e. The monoisotopic (exact) mass is 381 g/mol. The number of hydrogen-bond donors (Lipinski definition) is 1. The number of ether oxygens (including phenoxy) is 2. The van der Waals surface area contributed by atoms with Crippen molar-refractivity contribution in [2.75, 3.05) is 12.4 Å². The predicted octanol–water partition coefficient (Wildman–Crippen LogP) is 4.64. The average molecular weight is 382 g/mol. The number of rotatable bonds is 5. The summed E-state index contributed by atoms with van der Waals surface area (Å²) in [4.78, 5) is 12.3. The first-order valence-corrected chi connectivity index (χ1v) is 7.81. The van der Waals surface area contributed by atoms with Gasteiger partial charge in [0.2, 0.25) is 0 Å². The Morgan fingerprint density at radius 2 is 1.91 bits per heavy atom. The Kier molecular flexibility index (Phi) is 5.60. The Labute approximate surface area is 142 Å². The lowest BCUT2D eigenvalue weighted by Gasteiger charge is -2.14. The first-order chi connectivity index (χ1) is 10.9. The van der Waals surface area contributed by atoms with E-state index in [-0.39, 0.29) is 11.8 Å². The van der Waals surface area contributed by atoms with Crippen molar-refractivity contribution in [1.82, 2.24) is 0 Å². The maximum atomic E-state index is 13.8. The molecule has 0 aromatic heterocycles. The standard InChI is InChI=1S/C17H17BrFNO3/c1-10(2)23-15-7-4-11(8-16(15)22-3)17(21)20-14-6-5-12(18)9-13(14)19/h4-10H,1-3H3,(H,20,21). The highest BCUT2D eigenvalue weighted by molar-refractivity contribution is 9.10. The number of nitrogens with one attached hydrogen (secondary N) is 1. The normalized spacial score (nSPS) is 10.5. The van der Waals surface area contributed by atoms with Crippen LogP contribution in [0.1, 0.15) is 24.2 Å². The molecule has 0 atom stereocenters. The number of anilines is 1. The van der Waals surface area contributed by atoms with E-state index in [0.29, 0.717) is 21.5 Å². The van der Waals surface area contributed by atoms with E-state index in [1.807, 2.05) is 13.8 Å². The third-order valence-corrected chi connectivity index (χ3v) is 3.46. The summed E-state index contributed by atoms with van der Waals surface area (Å²) in [6.07, 6.45) is -0.0135. The fourth-order valence-electron chi connectivity index (χ4n) is 1.95. The molecule has 0 saturated carbocycles. The molecule has 0 bridgehead atoms. The molecule has 122 valence electrons. The van der Waals surface area contributed by atoms with Crippen LogP contribution in [0.15, 0.2) is 40.9 Å². The fraction of sp³-hybridized carbons (Fsp3) is 0.235. The zero-order chi connectivity index (χ0) is 17.0. The quantitative estimate of drug-likeness (QED) is 0.820. The van der Waals surface area contributed by atoms with Crippen molar-refractivity contribution in [2.24, 2.45) is 0 Å². The van der Waals surface area contributed by atoms with Gasteiger partial charge in [0.1, 0.15) is 5.82 Å². The first-order valence-electron chi connectivity index (χ1n) is 7.02. The fourth-order valence-corrected chi connectivity index (χ4v) is 2.28. The molecule has 0 spiro atoms. The van der Waals surface area contributed by atoms with Gasteiger partial charge in [-0.1, -0.05) is 15.9 Å². The van der Waals surface area contributed by atoms with Crippen LogP contribution in [-0.2, 0) is 0 Å². The van der Waals surface area contributed by atoms with Gasteiger partial charge in [-0.3, -0.25) is 4.79 Å². The van der Waals surface area contributed by atoms with Gasteiger partial charge in [-0.15, -0.1) is 0 Å². The molecule has 2 aromatic carbocycles. The smallest absolute Gasteiger partial charge is 0.255 e. The zero-order valence-electron chi connectivity index (χ0n) is 13.0. The molecule has 2 aromatic rings. The summed E-state index contributed by atoms with van der Waals surface area (Å²) in [6.45, 7) is 3.80. The highest BCUT2D eigenvalue weighted by atomic mass is 79.9. The second-order valence-corrected chi connectivity index (χ2v) is 6.03. The van der Waals surface area contributed by atoms with Gasteiger partial charge in [0, 0.05) is 10.0 Å². The van der Waals surface area contributed by atoms with Gasteiger partial charge < -0.3 is 14.8 Å². The van der Waals surface area contributed by atoms with Gasteiger partial charge in [0.25, 0.3) is 5.91 Å². The van der Waals surface area contributed by atoms with E-state index in [2.05, 4.69) is 21.2 Å². The number of carbonyl (C=O) groups excluding carboxylic acids is 1. The van der Waals surface area contributed by atoms with Crippen LogP contribution in [0.2, 0.25) is 0 Å². The Balaban J connectivity index is 2.22. The predicted molar refractivity (Wildman–Crippen MR) is 90.8 cm³/mol. The number of amides is 1. The highest BCUT2D eigenvalue weighted by Crippen LogP contribution is 2.29. The van der Waals surface area contributed by atoms with Crippen molar-refractivity contribution < 1.29 is 18.7 Å². The minimum atomic E-state index is -0.514. The summed E-state index contributed by atoms with van der Waals surface area (Å²) in [6, 6.07) is 9.25. The van der Waals surface area contributed by atoms with E-state index >= 15 is 0 Å². The molecule has 6 heteroatoms. The van der Waals surface area contributed by atoms with E-state index < -0.39 is 11.7 Å².